The van der Waals surface area contributed by atoms with Crippen LogP contribution in [0, 0.1) is 6.92 Å². The van der Waals surface area contributed by atoms with E-state index in [1.165, 1.54) is 5.56 Å². The lowest BCUT2D eigenvalue weighted by atomic mass is 10.1. The van der Waals surface area contributed by atoms with Crippen LogP contribution in [-0.2, 0) is 5.33 Å². The molecule has 0 radical (unpaired) electrons. The topological polar surface area (TPSA) is 72.7 Å². The van der Waals surface area contributed by atoms with Crippen LogP contribution in [0.15, 0.2) is 55.1 Å². The Morgan fingerprint density at radius 2 is 1.93 bits per heavy atom. The number of nitrogens with zero attached hydrogens (tertiary/aromatic N) is 4. The fourth-order valence-corrected chi connectivity index (χ4v) is 3.85. The van der Waals surface area contributed by atoms with Gasteiger partial charge in [0.05, 0.1) is 5.69 Å². The molecule has 6 nitrogen and oxygen atoms in total. The zero-order valence-electron chi connectivity index (χ0n) is 16.5. The summed E-state index contributed by atoms with van der Waals surface area (Å²) in [5.74, 6) is -0.0367. The molecule has 1 aliphatic rings. The lowest BCUT2D eigenvalue weighted by Crippen LogP contribution is -2.25. The maximum absolute atomic E-state index is 12.5. The van der Waals surface area contributed by atoms with Crippen molar-refractivity contribution in [1.29, 1.82) is 0 Å². The molecule has 2 aromatic heterocycles. The summed E-state index contributed by atoms with van der Waals surface area (Å²) >= 11 is 3.48. The number of fused-ring (bicyclic) bond motifs is 1. The second-order valence-corrected chi connectivity index (χ2v) is 8.15. The molecule has 4 aromatic rings. The van der Waals surface area contributed by atoms with Crippen LogP contribution < -0.4 is 5.32 Å². The van der Waals surface area contributed by atoms with Crippen LogP contribution in [0.4, 0.5) is 0 Å². The highest BCUT2D eigenvalue weighted by atomic mass is 79.9. The molecular weight excluding hydrogens is 442 g/mol. The van der Waals surface area contributed by atoms with Crippen molar-refractivity contribution in [3.05, 3.63) is 71.8 Å². The van der Waals surface area contributed by atoms with Gasteiger partial charge in [0.1, 0.15) is 23.9 Å². The molecule has 0 saturated heterocycles. The molecule has 1 saturated carbocycles. The SMILES string of the molecule is Cc1ccc(C(=O)NC2CC2)cc1-n1cnc2c(-c3ccc(CBr)cc3)ncnc21. The van der Waals surface area contributed by atoms with Crippen LogP contribution in [0.2, 0.25) is 0 Å². The average molecular weight is 462 g/mol. The van der Waals surface area contributed by atoms with Crippen LogP contribution in [0.5, 0.6) is 0 Å². The monoisotopic (exact) mass is 461 g/mol. The van der Waals surface area contributed by atoms with Gasteiger partial charge in [-0.1, -0.05) is 46.3 Å². The zero-order valence-corrected chi connectivity index (χ0v) is 18.1. The molecule has 150 valence electrons. The van der Waals surface area contributed by atoms with Gasteiger partial charge in [0.25, 0.3) is 5.91 Å². The molecule has 1 fully saturated rings. The Labute approximate surface area is 182 Å². The van der Waals surface area contributed by atoms with Gasteiger partial charge < -0.3 is 5.32 Å². The number of aromatic nitrogens is 4. The van der Waals surface area contributed by atoms with Gasteiger partial charge in [-0.3, -0.25) is 9.36 Å². The Hall–Kier alpha value is -3.06. The molecule has 5 rings (SSSR count). The van der Waals surface area contributed by atoms with Gasteiger partial charge in [-0.15, -0.1) is 0 Å². The number of amides is 1. The van der Waals surface area contributed by atoms with Crippen molar-refractivity contribution in [1.82, 2.24) is 24.8 Å². The van der Waals surface area contributed by atoms with E-state index in [1.807, 2.05) is 41.8 Å². The van der Waals surface area contributed by atoms with Crippen molar-refractivity contribution in [2.75, 3.05) is 0 Å². The number of halogens is 1. The Kier molecular flexibility index (Phi) is 4.83. The Bertz CT molecular complexity index is 1240. The first-order valence-electron chi connectivity index (χ1n) is 9.89. The summed E-state index contributed by atoms with van der Waals surface area (Å²) < 4.78 is 1.93. The normalized spacial score (nSPS) is 13.5. The maximum Gasteiger partial charge on any atom is 0.251 e. The first-order chi connectivity index (χ1) is 14.6. The van der Waals surface area contributed by atoms with Crippen molar-refractivity contribution < 1.29 is 4.79 Å². The summed E-state index contributed by atoms with van der Waals surface area (Å²) in [5, 5.41) is 3.86. The Morgan fingerprint density at radius 3 is 2.67 bits per heavy atom. The highest BCUT2D eigenvalue weighted by Crippen LogP contribution is 2.28. The highest BCUT2D eigenvalue weighted by Gasteiger charge is 2.24. The highest BCUT2D eigenvalue weighted by molar-refractivity contribution is 9.08. The zero-order chi connectivity index (χ0) is 20.7. The van der Waals surface area contributed by atoms with E-state index in [9.17, 15) is 4.79 Å². The van der Waals surface area contributed by atoms with Gasteiger partial charge in [-0.2, -0.15) is 0 Å². The quantitative estimate of drug-likeness (QED) is 0.441. The smallest absolute Gasteiger partial charge is 0.251 e. The van der Waals surface area contributed by atoms with Crippen molar-refractivity contribution in [2.45, 2.75) is 31.1 Å². The number of hydrogen-bond donors (Lipinski definition) is 1. The minimum atomic E-state index is -0.0367. The molecular formula is C23H20BrN5O. The first kappa shape index (κ1) is 18.9. The van der Waals surface area contributed by atoms with Crippen LogP contribution in [0.1, 0.15) is 34.3 Å². The van der Waals surface area contributed by atoms with E-state index in [2.05, 4.69) is 48.3 Å². The number of imidazole rings is 1. The van der Waals surface area contributed by atoms with E-state index in [1.54, 1.807) is 12.7 Å². The lowest BCUT2D eigenvalue weighted by Gasteiger charge is -2.11. The third kappa shape index (κ3) is 3.50. The standard InChI is InChI=1S/C23H20BrN5O/c1-14-2-5-17(23(30)28-18-8-9-18)10-19(14)29-13-27-21-20(25-12-26-22(21)29)16-6-3-15(11-24)4-7-16/h2-7,10,12-13,18H,8-9,11H2,1H3,(H,28,30). The molecule has 0 spiro atoms. The van der Waals surface area contributed by atoms with Gasteiger partial charge in [-0.25, -0.2) is 15.0 Å². The van der Waals surface area contributed by atoms with Gasteiger partial charge in [0.2, 0.25) is 0 Å². The molecule has 0 aliphatic heterocycles. The van der Waals surface area contributed by atoms with Crippen LogP contribution in [0.3, 0.4) is 0 Å². The molecule has 1 N–H and O–H groups in total. The molecule has 0 unspecified atom stereocenters. The van der Waals surface area contributed by atoms with Gasteiger partial charge in [0.15, 0.2) is 5.65 Å². The summed E-state index contributed by atoms with van der Waals surface area (Å²) in [5.41, 5.74) is 7.00. The molecule has 1 amide bonds. The van der Waals surface area contributed by atoms with Crippen molar-refractivity contribution in [2.24, 2.45) is 0 Å². The summed E-state index contributed by atoms with van der Waals surface area (Å²) in [6, 6.07) is 14.3. The van der Waals surface area contributed by atoms with Gasteiger partial charge in [-0.05, 0) is 43.0 Å². The predicted molar refractivity (Wildman–Crippen MR) is 120 cm³/mol. The number of alkyl halides is 1. The average Bonchev–Trinajstić information content (AvgIpc) is 3.49. The van der Waals surface area contributed by atoms with Gasteiger partial charge in [0, 0.05) is 22.5 Å². The number of rotatable bonds is 5. The number of benzene rings is 2. The number of hydrogen-bond acceptors (Lipinski definition) is 4. The molecule has 30 heavy (non-hydrogen) atoms. The van der Waals surface area contributed by atoms with E-state index in [0.29, 0.717) is 17.3 Å². The minimum Gasteiger partial charge on any atom is -0.349 e. The van der Waals surface area contributed by atoms with E-state index in [-0.39, 0.29) is 5.91 Å². The molecule has 7 heteroatoms. The van der Waals surface area contributed by atoms with E-state index in [4.69, 9.17) is 0 Å². The Balaban J connectivity index is 1.57. The summed E-state index contributed by atoms with van der Waals surface area (Å²) in [6.07, 6.45) is 5.44. The number of aryl methyl sites for hydroxylation is 1. The summed E-state index contributed by atoms with van der Waals surface area (Å²) in [6.45, 7) is 2.02. The van der Waals surface area contributed by atoms with Crippen molar-refractivity contribution >= 4 is 33.0 Å². The molecule has 2 aromatic carbocycles. The van der Waals surface area contributed by atoms with E-state index < -0.39 is 0 Å². The van der Waals surface area contributed by atoms with Crippen LogP contribution in [-0.4, -0.2) is 31.5 Å². The number of carbonyl (C=O) groups excluding carboxylic acids is 1. The third-order valence-corrected chi connectivity index (χ3v) is 6.01. The van der Waals surface area contributed by atoms with E-state index in [0.717, 1.165) is 46.2 Å². The molecule has 2 heterocycles. The van der Waals surface area contributed by atoms with Crippen molar-refractivity contribution in [3.63, 3.8) is 0 Å². The maximum atomic E-state index is 12.5. The van der Waals surface area contributed by atoms with Gasteiger partial charge >= 0.3 is 0 Å². The predicted octanol–water partition coefficient (Wildman–Crippen LogP) is 4.58. The van der Waals surface area contributed by atoms with E-state index >= 15 is 0 Å². The fraction of sp³-hybridized carbons (Fsp3) is 0.217. The fourth-order valence-electron chi connectivity index (χ4n) is 3.48. The number of carbonyl (C=O) groups is 1. The summed E-state index contributed by atoms with van der Waals surface area (Å²) in [7, 11) is 0. The summed E-state index contributed by atoms with van der Waals surface area (Å²) in [4.78, 5) is 26.1. The van der Waals surface area contributed by atoms with Crippen LogP contribution >= 0.6 is 15.9 Å². The third-order valence-electron chi connectivity index (χ3n) is 5.36. The second-order valence-electron chi connectivity index (χ2n) is 7.59. The first-order valence-corrected chi connectivity index (χ1v) is 11.0. The van der Waals surface area contributed by atoms with Crippen LogP contribution in [0.25, 0.3) is 28.1 Å². The molecule has 0 bridgehead atoms. The molecule has 0 atom stereocenters. The number of nitrogens with one attached hydrogen (secondary N) is 1. The van der Waals surface area contributed by atoms with Crippen molar-refractivity contribution in [3.8, 4) is 16.9 Å². The minimum absolute atomic E-state index is 0.0367. The largest absolute Gasteiger partial charge is 0.349 e. The second kappa shape index (κ2) is 7.65. The lowest BCUT2D eigenvalue weighted by molar-refractivity contribution is 0.0951. The Morgan fingerprint density at radius 1 is 1.13 bits per heavy atom. The molecule has 1 aliphatic carbocycles.